The van der Waals surface area contributed by atoms with E-state index >= 15 is 0 Å². The summed E-state index contributed by atoms with van der Waals surface area (Å²) in [4.78, 5) is 0. The first kappa shape index (κ1) is 3.89. The minimum atomic E-state index is 0.776. The van der Waals surface area contributed by atoms with Crippen LogP contribution in [0.5, 0.6) is 0 Å². The van der Waals surface area contributed by atoms with Gasteiger partial charge in [-0.2, -0.15) is 0 Å². The van der Waals surface area contributed by atoms with E-state index in [0.29, 0.717) is 0 Å². The fraction of sp³-hybridized carbons (Fsp3) is 0.250. The van der Waals surface area contributed by atoms with Gasteiger partial charge in [-0.15, -0.1) is 0 Å². The molecule has 0 atom stereocenters. The van der Waals surface area contributed by atoms with Gasteiger partial charge in [-0.05, 0) is 11.6 Å². The lowest BCUT2D eigenvalue weighted by atomic mass is 10.8. The SMILES string of the molecule is C1=CP=CCO1. The van der Waals surface area contributed by atoms with Crippen molar-refractivity contribution >= 4 is 14.0 Å². The first-order chi connectivity index (χ1) is 3.00. The van der Waals surface area contributed by atoms with Crippen molar-refractivity contribution in [1.82, 2.24) is 0 Å². The van der Waals surface area contributed by atoms with Gasteiger partial charge in [0.1, 0.15) is 6.61 Å². The lowest BCUT2D eigenvalue weighted by Gasteiger charge is -1.94. The van der Waals surface area contributed by atoms with Gasteiger partial charge in [-0.1, -0.05) is 8.20 Å². The van der Waals surface area contributed by atoms with E-state index < -0.39 is 0 Å². The highest BCUT2D eigenvalue weighted by Crippen LogP contribution is 1.99. The fourth-order valence-corrected chi connectivity index (χ4v) is 0.731. The van der Waals surface area contributed by atoms with Crippen molar-refractivity contribution in [3.05, 3.63) is 12.1 Å². The van der Waals surface area contributed by atoms with E-state index in [-0.39, 0.29) is 0 Å². The third-order valence-corrected chi connectivity index (χ3v) is 1.17. The van der Waals surface area contributed by atoms with E-state index in [9.17, 15) is 0 Å². The summed E-state index contributed by atoms with van der Waals surface area (Å²) >= 11 is 0. The maximum absolute atomic E-state index is 4.83. The Morgan fingerprint density at radius 3 is 2.83 bits per heavy atom. The summed E-state index contributed by atoms with van der Waals surface area (Å²) in [5, 5.41) is 0. The second-order valence-corrected chi connectivity index (χ2v) is 1.91. The average molecular weight is 100 g/mol. The van der Waals surface area contributed by atoms with Crippen molar-refractivity contribution in [2.45, 2.75) is 0 Å². The van der Waals surface area contributed by atoms with Crippen LogP contribution in [0.4, 0.5) is 0 Å². The zero-order chi connectivity index (χ0) is 4.24. The van der Waals surface area contributed by atoms with E-state index in [1.54, 1.807) is 6.26 Å². The van der Waals surface area contributed by atoms with Crippen molar-refractivity contribution < 1.29 is 4.74 Å². The summed E-state index contributed by atoms with van der Waals surface area (Å²) in [6.45, 7) is 0.776. The summed E-state index contributed by atoms with van der Waals surface area (Å²) < 4.78 is 4.83. The van der Waals surface area contributed by atoms with Gasteiger partial charge in [0.05, 0.1) is 6.26 Å². The Hall–Kier alpha value is -0.290. The van der Waals surface area contributed by atoms with Crippen molar-refractivity contribution in [3.63, 3.8) is 0 Å². The van der Waals surface area contributed by atoms with E-state index in [0.717, 1.165) is 6.61 Å². The van der Waals surface area contributed by atoms with Crippen LogP contribution in [0.1, 0.15) is 0 Å². The molecule has 1 aliphatic heterocycles. The number of hydrogen-bond acceptors (Lipinski definition) is 1. The summed E-state index contributed by atoms with van der Waals surface area (Å²) in [5.74, 6) is 4.02. The molecule has 1 aliphatic rings. The summed E-state index contributed by atoms with van der Waals surface area (Å²) in [7, 11) is 1.27. The van der Waals surface area contributed by atoms with Gasteiger partial charge in [-0.3, -0.25) is 0 Å². The fourth-order valence-electron chi connectivity index (χ4n) is 0.281. The Morgan fingerprint density at radius 2 is 2.67 bits per heavy atom. The molecule has 1 nitrogen and oxygen atoms in total. The molecule has 1 rings (SSSR count). The molecule has 1 heterocycles. The minimum absolute atomic E-state index is 0.776. The van der Waals surface area contributed by atoms with Crippen LogP contribution < -0.4 is 0 Å². The van der Waals surface area contributed by atoms with Crippen LogP contribution in [-0.4, -0.2) is 12.4 Å². The quantitative estimate of drug-likeness (QED) is 0.416. The molecule has 0 fully saturated rings. The topological polar surface area (TPSA) is 9.23 Å². The molecular formula is C4H5OP. The molecule has 0 aliphatic carbocycles. The van der Waals surface area contributed by atoms with Crippen LogP contribution in [0.25, 0.3) is 0 Å². The normalized spacial score (nSPS) is 20.0. The molecule has 0 saturated heterocycles. The van der Waals surface area contributed by atoms with Crippen LogP contribution in [0.2, 0.25) is 0 Å². The molecule has 0 unspecified atom stereocenters. The predicted octanol–water partition coefficient (Wildman–Crippen LogP) is 1.24. The first-order valence-corrected chi connectivity index (χ1v) is 2.82. The van der Waals surface area contributed by atoms with Crippen molar-refractivity contribution in [2.24, 2.45) is 0 Å². The van der Waals surface area contributed by atoms with E-state index in [1.807, 2.05) is 5.82 Å². The average Bonchev–Trinajstić information content (AvgIpc) is 1.72. The standard InChI is InChI=1S/C4H5OP/c1-3-6-4-2-5-1/h1,3-4H,2H2. The summed E-state index contributed by atoms with van der Waals surface area (Å²) in [6, 6.07) is 0. The largest absolute Gasteiger partial charge is 0.496 e. The lowest BCUT2D eigenvalue weighted by Crippen LogP contribution is -1.86. The van der Waals surface area contributed by atoms with Gasteiger partial charge < -0.3 is 4.74 Å². The van der Waals surface area contributed by atoms with Gasteiger partial charge in [0.15, 0.2) is 0 Å². The van der Waals surface area contributed by atoms with Crippen LogP contribution in [-0.2, 0) is 4.74 Å². The molecule has 0 radical (unpaired) electrons. The highest BCUT2D eigenvalue weighted by atomic mass is 31.1. The Morgan fingerprint density at radius 1 is 1.67 bits per heavy atom. The molecule has 2 heteroatoms. The molecule has 0 spiro atoms. The lowest BCUT2D eigenvalue weighted by molar-refractivity contribution is 0.307. The third-order valence-electron chi connectivity index (χ3n) is 0.519. The van der Waals surface area contributed by atoms with Gasteiger partial charge in [0.25, 0.3) is 0 Å². The monoisotopic (exact) mass is 100 g/mol. The smallest absolute Gasteiger partial charge is 0.110 e. The molecule has 0 N–H and O–H groups in total. The van der Waals surface area contributed by atoms with Gasteiger partial charge in [-0.25, -0.2) is 0 Å². The highest BCUT2D eigenvalue weighted by Gasteiger charge is 1.76. The van der Waals surface area contributed by atoms with Crippen LogP contribution in [0, 0.1) is 0 Å². The number of hydrogen-bond donors (Lipinski definition) is 0. The van der Waals surface area contributed by atoms with Gasteiger partial charge in [0, 0.05) is 0 Å². The summed E-state index contributed by atoms with van der Waals surface area (Å²) in [5.41, 5.74) is 0. The Kier molecular flexibility index (Phi) is 1.29. The van der Waals surface area contributed by atoms with Crippen molar-refractivity contribution in [3.8, 4) is 0 Å². The molecule has 0 bridgehead atoms. The van der Waals surface area contributed by atoms with Crippen LogP contribution in [0.3, 0.4) is 0 Å². The van der Waals surface area contributed by atoms with Crippen LogP contribution >= 0.6 is 8.20 Å². The predicted molar refractivity (Wildman–Crippen MR) is 28.1 cm³/mol. The minimum Gasteiger partial charge on any atom is -0.496 e. The molecule has 0 aromatic heterocycles. The molecule has 0 aromatic carbocycles. The maximum Gasteiger partial charge on any atom is 0.110 e. The molecule has 32 valence electrons. The van der Waals surface area contributed by atoms with E-state index in [1.165, 1.54) is 8.20 Å². The van der Waals surface area contributed by atoms with Gasteiger partial charge in [0.2, 0.25) is 0 Å². The van der Waals surface area contributed by atoms with E-state index in [4.69, 9.17) is 4.74 Å². The zero-order valence-electron chi connectivity index (χ0n) is 3.29. The maximum atomic E-state index is 4.83. The molecule has 6 heavy (non-hydrogen) atoms. The molecular weight excluding hydrogens is 95.0 g/mol. The number of ether oxygens (including phenoxy) is 1. The molecule has 0 saturated carbocycles. The zero-order valence-corrected chi connectivity index (χ0v) is 4.19. The van der Waals surface area contributed by atoms with Crippen LogP contribution in [0.15, 0.2) is 12.1 Å². The molecule has 0 amide bonds. The third kappa shape index (κ3) is 0.836. The second kappa shape index (κ2) is 1.99. The molecule has 0 aromatic rings. The Labute approximate surface area is 38.4 Å². The highest BCUT2D eigenvalue weighted by molar-refractivity contribution is 7.42. The first-order valence-electron chi connectivity index (χ1n) is 1.78. The van der Waals surface area contributed by atoms with Gasteiger partial charge >= 0.3 is 0 Å². The summed E-state index contributed by atoms with van der Waals surface area (Å²) in [6.07, 6.45) is 1.72. The van der Waals surface area contributed by atoms with Crippen molar-refractivity contribution in [2.75, 3.05) is 6.61 Å². The van der Waals surface area contributed by atoms with Crippen molar-refractivity contribution in [1.29, 1.82) is 0 Å². The Balaban J connectivity index is 2.46. The second-order valence-electron chi connectivity index (χ2n) is 0.950. The Bertz CT molecular complexity index is 73.5. The van der Waals surface area contributed by atoms with E-state index in [2.05, 4.69) is 5.80 Å². The number of rotatable bonds is 0.